The summed E-state index contributed by atoms with van der Waals surface area (Å²) < 4.78 is 1.98. The molecule has 0 bridgehead atoms. The molecule has 2 rings (SSSR count). The van der Waals surface area contributed by atoms with Crippen LogP contribution in [0.15, 0.2) is 34.2 Å². The van der Waals surface area contributed by atoms with E-state index in [4.69, 9.17) is 4.99 Å². The monoisotopic (exact) mass is 374 g/mol. The van der Waals surface area contributed by atoms with Gasteiger partial charge < -0.3 is 14.8 Å². The largest absolute Gasteiger partial charge is 0.356 e. The number of nitrogens with one attached hydrogen (secondary N) is 1. The van der Waals surface area contributed by atoms with Crippen LogP contribution >= 0.6 is 11.8 Å². The van der Waals surface area contributed by atoms with Gasteiger partial charge in [-0.25, -0.2) is 4.99 Å². The predicted molar refractivity (Wildman–Crippen MR) is 109 cm³/mol. The van der Waals surface area contributed by atoms with Crippen molar-refractivity contribution < 1.29 is 0 Å². The molecule has 0 aliphatic carbocycles. The Morgan fingerprint density at radius 2 is 2.00 bits per heavy atom. The van der Waals surface area contributed by atoms with Crippen LogP contribution in [-0.4, -0.2) is 45.5 Å². The third-order valence-corrected chi connectivity index (χ3v) is 5.05. The van der Waals surface area contributed by atoms with Gasteiger partial charge in [0.05, 0.1) is 0 Å². The van der Waals surface area contributed by atoms with E-state index in [1.807, 2.05) is 18.5 Å². The number of aromatic nitrogens is 3. The third kappa shape index (κ3) is 5.76. The van der Waals surface area contributed by atoms with Gasteiger partial charge >= 0.3 is 0 Å². The van der Waals surface area contributed by atoms with Crippen LogP contribution in [0.4, 0.5) is 0 Å². The summed E-state index contributed by atoms with van der Waals surface area (Å²) in [4.78, 5) is 8.21. The number of rotatable bonds is 8. The first-order valence-electron chi connectivity index (χ1n) is 9.02. The Hall–Kier alpha value is -2.02. The van der Waals surface area contributed by atoms with Gasteiger partial charge in [-0.05, 0) is 37.3 Å². The summed E-state index contributed by atoms with van der Waals surface area (Å²) in [5.41, 5.74) is 1.27. The van der Waals surface area contributed by atoms with Gasteiger partial charge in [-0.1, -0.05) is 25.5 Å². The molecule has 7 heteroatoms. The maximum absolute atomic E-state index is 4.77. The average Bonchev–Trinajstić information content (AvgIpc) is 2.97. The maximum atomic E-state index is 4.77. The van der Waals surface area contributed by atoms with Gasteiger partial charge in [0.25, 0.3) is 0 Å². The molecule has 0 fully saturated rings. The second kappa shape index (κ2) is 10.2. The summed E-state index contributed by atoms with van der Waals surface area (Å²) in [5, 5.41) is 11.8. The van der Waals surface area contributed by atoms with Crippen molar-refractivity contribution in [3.63, 3.8) is 0 Å². The molecule has 1 aromatic carbocycles. The summed E-state index contributed by atoms with van der Waals surface area (Å²) in [6.45, 7) is 6.39. The molecule has 6 nitrogen and oxygen atoms in total. The van der Waals surface area contributed by atoms with Crippen LogP contribution in [0.5, 0.6) is 0 Å². The average molecular weight is 375 g/mol. The highest BCUT2D eigenvalue weighted by molar-refractivity contribution is 7.98. The van der Waals surface area contributed by atoms with Crippen molar-refractivity contribution in [2.24, 2.45) is 12.0 Å². The second-order valence-electron chi connectivity index (χ2n) is 6.35. The van der Waals surface area contributed by atoms with Crippen LogP contribution in [0.3, 0.4) is 0 Å². The normalized spacial score (nSPS) is 11.7. The van der Waals surface area contributed by atoms with Crippen LogP contribution in [0.25, 0.3) is 0 Å². The van der Waals surface area contributed by atoms with Gasteiger partial charge in [-0.15, -0.1) is 22.0 Å². The SMILES string of the molecule is CCCCNC(=NCc1nnc(C)n1C)N(C)Cc1ccc(SC)cc1. The number of unbranched alkanes of at least 4 members (excludes halogenated alkanes) is 1. The van der Waals surface area contributed by atoms with Crippen LogP contribution in [0.2, 0.25) is 0 Å². The molecule has 0 aliphatic rings. The summed E-state index contributed by atoms with van der Waals surface area (Å²) >= 11 is 1.76. The van der Waals surface area contributed by atoms with Gasteiger partial charge in [0.15, 0.2) is 11.8 Å². The fourth-order valence-corrected chi connectivity index (χ4v) is 2.91. The van der Waals surface area contributed by atoms with E-state index in [1.54, 1.807) is 11.8 Å². The highest BCUT2D eigenvalue weighted by Gasteiger charge is 2.09. The van der Waals surface area contributed by atoms with E-state index in [1.165, 1.54) is 10.5 Å². The second-order valence-corrected chi connectivity index (χ2v) is 7.23. The van der Waals surface area contributed by atoms with Gasteiger partial charge in [0, 0.05) is 32.1 Å². The highest BCUT2D eigenvalue weighted by atomic mass is 32.2. The molecule has 0 spiro atoms. The first-order valence-corrected chi connectivity index (χ1v) is 10.2. The van der Waals surface area contributed by atoms with Gasteiger partial charge in [0.1, 0.15) is 12.4 Å². The van der Waals surface area contributed by atoms with E-state index in [9.17, 15) is 0 Å². The Morgan fingerprint density at radius 1 is 1.27 bits per heavy atom. The van der Waals surface area contributed by atoms with E-state index in [0.717, 1.165) is 43.5 Å². The van der Waals surface area contributed by atoms with E-state index in [-0.39, 0.29) is 0 Å². The number of benzene rings is 1. The Labute approximate surface area is 161 Å². The first kappa shape index (κ1) is 20.3. The van der Waals surface area contributed by atoms with Crippen molar-refractivity contribution in [2.45, 2.75) is 44.7 Å². The molecule has 0 saturated carbocycles. The first-order chi connectivity index (χ1) is 12.5. The minimum atomic E-state index is 0.515. The molecule has 1 aromatic heterocycles. The van der Waals surface area contributed by atoms with Crippen LogP contribution < -0.4 is 5.32 Å². The molecule has 0 unspecified atom stereocenters. The minimum Gasteiger partial charge on any atom is -0.356 e. The highest BCUT2D eigenvalue weighted by Crippen LogP contribution is 2.15. The molecule has 2 aromatic rings. The van der Waals surface area contributed by atoms with Crippen LogP contribution in [0, 0.1) is 6.92 Å². The zero-order valence-electron chi connectivity index (χ0n) is 16.5. The quantitative estimate of drug-likeness (QED) is 0.333. The molecule has 1 heterocycles. The minimum absolute atomic E-state index is 0.515. The number of hydrogen-bond donors (Lipinski definition) is 1. The molecule has 0 radical (unpaired) electrons. The molecule has 0 atom stereocenters. The third-order valence-electron chi connectivity index (χ3n) is 4.31. The van der Waals surface area contributed by atoms with Gasteiger partial charge in [0.2, 0.25) is 0 Å². The number of guanidine groups is 1. The van der Waals surface area contributed by atoms with Crippen molar-refractivity contribution in [1.29, 1.82) is 0 Å². The van der Waals surface area contributed by atoms with Crippen molar-refractivity contribution in [3.05, 3.63) is 41.5 Å². The molecule has 1 N–H and O–H groups in total. The standard InChI is InChI=1S/C19H30N6S/c1-6-7-12-20-19(21-13-18-23-22-15(2)25(18)4)24(3)14-16-8-10-17(26-5)11-9-16/h8-11H,6-7,12-14H2,1-5H3,(H,20,21). The lowest BCUT2D eigenvalue weighted by Gasteiger charge is -2.22. The lowest BCUT2D eigenvalue weighted by atomic mass is 10.2. The van der Waals surface area contributed by atoms with Crippen molar-refractivity contribution in [2.75, 3.05) is 19.8 Å². The molecule has 142 valence electrons. The number of aryl methyl sites for hydroxylation is 1. The fourth-order valence-electron chi connectivity index (χ4n) is 2.50. The zero-order valence-corrected chi connectivity index (χ0v) is 17.3. The van der Waals surface area contributed by atoms with E-state index >= 15 is 0 Å². The number of aliphatic imine (C=N–C) groups is 1. The van der Waals surface area contributed by atoms with Gasteiger partial charge in [-0.2, -0.15) is 0 Å². The van der Waals surface area contributed by atoms with Crippen molar-refractivity contribution in [1.82, 2.24) is 25.0 Å². The molecular weight excluding hydrogens is 344 g/mol. The van der Waals surface area contributed by atoms with E-state index < -0.39 is 0 Å². The van der Waals surface area contributed by atoms with Crippen LogP contribution in [0.1, 0.15) is 37.0 Å². The van der Waals surface area contributed by atoms with E-state index in [0.29, 0.717) is 6.54 Å². The lowest BCUT2D eigenvalue weighted by molar-refractivity contribution is 0.472. The molecule has 26 heavy (non-hydrogen) atoms. The van der Waals surface area contributed by atoms with E-state index in [2.05, 4.69) is 64.9 Å². The Morgan fingerprint density at radius 3 is 2.58 bits per heavy atom. The number of hydrogen-bond acceptors (Lipinski definition) is 4. The smallest absolute Gasteiger partial charge is 0.194 e. The molecular formula is C19H30N6S. The summed E-state index contributed by atoms with van der Waals surface area (Å²) in [6.07, 6.45) is 4.37. The van der Waals surface area contributed by atoms with Gasteiger partial charge in [-0.3, -0.25) is 0 Å². The topological polar surface area (TPSA) is 58.3 Å². The predicted octanol–water partition coefficient (Wildman–Crippen LogP) is 3.22. The number of nitrogens with zero attached hydrogens (tertiary/aromatic N) is 5. The summed E-state index contributed by atoms with van der Waals surface area (Å²) in [5.74, 6) is 2.67. The molecule has 0 saturated heterocycles. The Balaban J connectivity index is 2.08. The van der Waals surface area contributed by atoms with Crippen molar-refractivity contribution >= 4 is 17.7 Å². The Kier molecular flexibility index (Phi) is 7.97. The maximum Gasteiger partial charge on any atom is 0.194 e. The fraction of sp³-hybridized carbons (Fsp3) is 0.526. The van der Waals surface area contributed by atoms with Crippen molar-refractivity contribution in [3.8, 4) is 0 Å². The Bertz CT molecular complexity index is 707. The lowest BCUT2D eigenvalue weighted by Crippen LogP contribution is -2.39. The zero-order chi connectivity index (χ0) is 18.9. The number of thioether (sulfide) groups is 1. The summed E-state index contributed by atoms with van der Waals surface area (Å²) in [7, 11) is 4.05. The molecule has 0 amide bonds. The summed E-state index contributed by atoms with van der Waals surface area (Å²) in [6, 6.07) is 8.69. The molecule has 0 aliphatic heterocycles. The van der Waals surface area contributed by atoms with Crippen LogP contribution in [-0.2, 0) is 20.1 Å².